The Kier molecular flexibility index (Phi) is 8.85. The minimum absolute atomic E-state index is 0.0522. The molecule has 170 valence electrons. The first-order valence-corrected chi connectivity index (χ1v) is 11.2. The summed E-state index contributed by atoms with van der Waals surface area (Å²) in [6.07, 6.45) is 5.59. The van der Waals surface area contributed by atoms with Crippen molar-refractivity contribution in [3.05, 3.63) is 90.3 Å². The highest BCUT2D eigenvalue weighted by Crippen LogP contribution is 2.23. The maximum Gasteiger partial charge on any atom is 0.0543 e. The van der Waals surface area contributed by atoms with Crippen molar-refractivity contribution >= 4 is 0 Å². The molecule has 0 bridgehead atoms. The fraction of sp³-hybridized carbons (Fsp3) is 0.423. The first-order chi connectivity index (χ1) is 15.4. The van der Waals surface area contributed by atoms with Crippen LogP contribution in [0.3, 0.4) is 0 Å². The van der Waals surface area contributed by atoms with Gasteiger partial charge in [-0.2, -0.15) is 0 Å². The van der Waals surface area contributed by atoms with E-state index in [0.29, 0.717) is 0 Å². The van der Waals surface area contributed by atoms with E-state index in [1.807, 2.05) is 36.8 Å². The van der Waals surface area contributed by atoms with E-state index in [2.05, 4.69) is 94.1 Å². The Bertz CT molecular complexity index is 783. The van der Waals surface area contributed by atoms with Crippen molar-refractivity contribution in [2.45, 2.75) is 26.6 Å². The van der Waals surface area contributed by atoms with Crippen LogP contribution >= 0.6 is 0 Å². The summed E-state index contributed by atoms with van der Waals surface area (Å²) >= 11 is 0. The topological polar surface area (TPSA) is 48.4 Å². The second-order valence-corrected chi connectivity index (χ2v) is 9.29. The predicted molar refractivity (Wildman–Crippen MR) is 130 cm³/mol. The molecule has 0 aliphatic rings. The van der Waals surface area contributed by atoms with Gasteiger partial charge in [-0.3, -0.25) is 29.7 Å². The number of rotatable bonds is 12. The zero-order chi connectivity index (χ0) is 22.8. The van der Waals surface area contributed by atoms with Gasteiger partial charge in [0, 0.05) is 63.3 Å². The zero-order valence-corrected chi connectivity index (χ0v) is 19.9. The number of pyridine rings is 3. The summed E-state index contributed by atoms with van der Waals surface area (Å²) in [5.41, 5.74) is 3.35. The Balaban J connectivity index is 1.67. The molecule has 0 aliphatic heterocycles. The Labute approximate surface area is 192 Å². The van der Waals surface area contributed by atoms with Gasteiger partial charge in [-0.05, 0) is 57.5 Å². The van der Waals surface area contributed by atoms with Gasteiger partial charge in [0.1, 0.15) is 0 Å². The fourth-order valence-corrected chi connectivity index (χ4v) is 4.58. The molecule has 0 spiro atoms. The molecule has 0 saturated carbocycles. The van der Waals surface area contributed by atoms with Crippen LogP contribution in [-0.2, 0) is 19.6 Å². The van der Waals surface area contributed by atoms with Gasteiger partial charge in [0.05, 0.1) is 17.1 Å². The van der Waals surface area contributed by atoms with E-state index in [4.69, 9.17) is 0 Å². The van der Waals surface area contributed by atoms with Gasteiger partial charge in [0.15, 0.2) is 0 Å². The molecule has 0 fully saturated rings. The number of nitrogens with zero attached hydrogens (tertiary/aromatic N) is 6. The van der Waals surface area contributed by atoms with Crippen molar-refractivity contribution in [2.24, 2.45) is 5.41 Å². The molecule has 0 radical (unpaired) electrons. The van der Waals surface area contributed by atoms with Crippen LogP contribution in [0.1, 0.15) is 24.0 Å². The van der Waals surface area contributed by atoms with Crippen LogP contribution in [0.4, 0.5) is 0 Å². The largest absolute Gasteiger partial charge is 0.300 e. The van der Waals surface area contributed by atoms with Gasteiger partial charge in [-0.25, -0.2) is 0 Å². The molecule has 0 saturated heterocycles. The predicted octanol–water partition coefficient (Wildman–Crippen LogP) is 3.57. The van der Waals surface area contributed by atoms with Crippen LogP contribution in [0, 0.1) is 5.41 Å². The van der Waals surface area contributed by atoms with E-state index in [0.717, 1.165) is 56.4 Å². The van der Waals surface area contributed by atoms with E-state index in [1.54, 1.807) is 0 Å². The summed E-state index contributed by atoms with van der Waals surface area (Å²) in [5, 5.41) is 0. The van der Waals surface area contributed by atoms with E-state index in [9.17, 15) is 0 Å². The molecule has 3 heterocycles. The Morgan fingerprint density at radius 2 is 0.875 bits per heavy atom. The third-order valence-electron chi connectivity index (χ3n) is 5.43. The summed E-state index contributed by atoms with van der Waals surface area (Å²) in [5.74, 6) is 0. The first kappa shape index (κ1) is 24.0. The maximum atomic E-state index is 4.50. The highest BCUT2D eigenvalue weighted by atomic mass is 15.2. The molecule has 3 aromatic heterocycles. The van der Waals surface area contributed by atoms with Crippen molar-refractivity contribution in [3.8, 4) is 0 Å². The van der Waals surface area contributed by atoms with Crippen LogP contribution < -0.4 is 0 Å². The first-order valence-electron chi connectivity index (χ1n) is 11.2. The number of hydrogen-bond donors (Lipinski definition) is 0. The van der Waals surface area contributed by atoms with Crippen LogP contribution in [0.2, 0.25) is 0 Å². The van der Waals surface area contributed by atoms with Crippen molar-refractivity contribution in [3.63, 3.8) is 0 Å². The molecule has 0 amide bonds. The molecular formula is C26H36N6. The number of aromatic nitrogens is 3. The quantitative estimate of drug-likeness (QED) is 0.436. The highest BCUT2D eigenvalue weighted by molar-refractivity contribution is 5.05. The molecule has 0 aromatic carbocycles. The lowest BCUT2D eigenvalue weighted by atomic mass is 9.88. The highest BCUT2D eigenvalue weighted by Gasteiger charge is 2.30. The Hall–Kier alpha value is -2.67. The minimum Gasteiger partial charge on any atom is -0.300 e. The monoisotopic (exact) mass is 432 g/mol. The minimum atomic E-state index is 0.0522. The molecule has 0 N–H and O–H groups in total. The van der Waals surface area contributed by atoms with Crippen molar-refractivity contribution < 1.29 is 0 Å². The molecule has 32 heavy (non-hydrogen) atoms. The molecule has 0 aliphatic carbocycles. The van der Waals surface area contributed by atoms with E-state index in [-0.39, 0.29) is 5.41 Å². The second kappa shape index (κ2) is 11.8. The van der Waals surface area contributed by atoms with Gasteiger partial charge in [0.2, 0.25) is 0 Å². The van der Waals surface area contributed by atoms with Crippen molar-refractivity contribution in [1.82, 2.24) is 29.7 Å². The molecule has 3 rings (SSSR count). The SMILES string of the molecule is CN(Cc1ccccn1)CC(C)(CN(C)Cc1ccccn1)CN(C)Cc1ccccn1. The van der Waals surface area contributed by atoms with E-state index < -0.39 is 0 Å². The molecule has 6 heteroatoms. The zero-order valence-electron chi connectivity index (χ0n) is 19.9. The Morgan fingerprint density at radius 3 is 1.12 bits per heavy atom. The van der Waals surface area contributed by atoms with Crippen LogP contribution in [-0.4, -0.2) is 70.4 Å². The smallest absolute Gasteiger partial charge is 0.0543 e. The van der Waals surface area contributed by atoms with E-state index in [1.165, 1.54) is 0 Å². The molecular weight excluding hydrogens is 396 g/mol. The van der Waals surface area contributed by atoms with Gasteiger partial charge in [0.25, 0.3) is 0 Å². The summed E-state index contributed by atoms with van der Waals surface area (Å²) in [7, 11) is 6.55. The summed E-state index contributed by atoms with van der Waals surface area (Å²) in [6.45, 7) is 7.78. The van der Waals surface area contributed by atoms with Gasteiger partial charge < -0.3 is 0 Å². The average Bonchev–Trinajstić information content (AvgIpc) is 2.75. The van der Waals surface area contributed by atoms with Gasteiger partial charge in [-0.1, -0.05) is 25.1 Å². The van der Waals surface area contributed by atoms with Gasteiger partial charge in [-0.15, -0.1) is 0 Å². The molecule has 0 unspecified atom stereocenters. The van der Waals surface area contributed by atoms with Crippen LogP contribution in [0.25, 0.3) is 0 Å². The molecule has 0 atom stereocenters. The summed E-state index contributed by atoms with van der Waals surface area (Å²) in [6, 6.07) is 18.3. The summed E-state index contributed by atoms with van der Waals surface area (Å²) in [4.78, 5) is 20.7. The van der Waals surface area contributed by atoms with Crippen molar-refractivity contribution in [1.29, 1.82) is 0 Å². The Morgan fingerprint density at radius 1 is 0.562 bits per heavy atom. The normalized spacial score (nSPS) is 12.1. The lowest BCUT2D eigenvalue weighted by Crippen LogP contribution is -2.47. The van der Waals surface area contributed by atoms with E-state index >= 15 is 0 Å². The lowest BCUT2D eigenvalue weighted by Gasteiger charge is -2.39. The maximum absolute atomic E-state index is 4.50. The summed E-state index contributed by atoms with van der Waals surface area (Å²) < 4.78 is 0. The third kappa shape index (κ3) is 8.11. The number of hydrogen-bond acceptors (Lipinski definition) is 6. The van der Waals surface area contributed by atoms with Crippen LogP contribution in [0.5, 0.6) is 0 Å². The van der Waals surface area contributed by atoms with Crippen molar-refractivity contribution in [2.75, 3.05) is 40.8 Å². The standard InChI is InChI=1S/C26H36N6/c1-26(20-30(2)17-23-11-5-8-14-27-23,21-31(3)18-24-12-6-9-15-28-24)22-32(4)19-25-13-7-10-16-29-25/h5-16H,17-22H2,1-4H3. The molecule has 6 nitrogen and oxygen atoms in total. The van der Waals surface area contributed by atoms with Crippen LogP contribution in [0.15, 0.2) is 73.2 Å². The fourth-order valence-electron chi connectivity index (χ4n) is 4.58. The third-order valence-corrected chi connectivity index (χ3v) is 5.43. The second-order valence-electron chi connectivity index (χ2n) is 9.29. The average molecular weight is 433 g/mol. The lowest BCUT2D eigenvalue weighted by molar-refractivity contribution is 0.0854. The molecule has 3 aromatic rings. The van der Waals surface area contributed by atoms with Gasteiger partial charge >= 0.3 is 0 Å².